The van der Waals surface area contributed by atoms with Crippen molar-refractivity contribution in [1.82, 2.24) is 4.98 Å². The lowest BCUT2D eigenvalue weighted by Crippen LogP contribution is -2.27. The van der Waals surface area contributed by atoms with Gasteiger partial charge in [-0.25, -0.2) is 0 Å². The highest BCUT2D eigenvalue weighted by molar-refractivity contribution is 7.91. The fraction of sp³-hybridized carbons (Fsp3) is 0.600. The smallest absolute Gasteiger partial charge is 0.144 e. The van der Waals surface area contributed by atoms with Crippen LogP contribution in [0.5, 0.6) is 0 Å². The topological polar surface area (TPSA) is 48.3 Å². The zero-order valence-corrected chi connectivity index (χ0v) is 12.7. The SMILES string of the molecule is CC(C)(C)[S@+]([O-])/N=C(\CCC1CC1)c1ccccn1. The van der Waals surface area contributed by atoms with Gasteiger partial charge in [0.15, 0.2) is 0 Å². The van der Waals surface area contributed by atoms with Gasteiger partial charge in [0, 0.05) is 6.20 Å². The Labute approximate surface area is 118 Å². The third-order valence-electron chi connectivity index (χ3n) is 3.16. The third kappa shape index (κ3) is 4.62. The van der Waals surface area contributed by atoms with Crippen LogP contribution in [-0.2, 0) is 11.4 Å². The van der Waals surface area contributed by atoms with Crippen molar-refractivity contribution in [1.29, 1.82) is 0 Å². The van der Waals surface area contributed by atoms with Crippen molar-refractivity contribution in [3.63, 3.8) is 0 Å². The minimum atomic E-state index is -1.21. The molecule has 1 aliphatic carbocycles. The summed E-state index contributed by atoms with van der Waals surface area (Å²) in [6.45, 7) is 5.84. The standard InChI is InChI=1S/C15H22N2OS/c1-15(2,3)19(18)17-14(10-9-12-7-8-12)13-6-4-5-11-16-13/h4-6,11-12H,7-10H2,1-3H3/b17-14+/t19-/m0/s1. The molecule has 2 rings (SSSR count). The average molecular weight is 278 g/mol. The number of hydrogen-bond acceptors (Lipinski definition) is 3. The lowest BCUT2D eigenvalue weighted by molar-refractivity contribution is 0.561. The van der Waals surface area contributed by atoms with E-state index in [2.05, 4.69) is 9.38 Å². The number of aromatic nitrogens is 1. The maximum atomic E-state index is 12.2. The van der Waals surface area contributed by atoms with Gasteiger partial charge in [-0.3, -0.25) is 4.98 Å². The molecule has 0 spiro atoms. The second-order valence-electron chi connectivity index (χ2n) is 6.10. The van der Waals surface area contributed by atoms with Crippen molar-refractivity contribution in [3.8, 4) is 0 Å². The van der Waals surface area contributed by atoms with Crippen LogP contribution < -0.4 is 0 Å². The summed E-state index contributed by atoms with van der Waals surface area (Å²) in [5.41, 5.74) is 1.75. The zero-order valence-electron chi connectivity index (χ0n) is 11.9. The van der Waals surface area contributed by atoms with Gasteiger partial charge in [0.1, 0.15) is 21.8 Å². The van der Waals surface area contributed by atoms with Gasteiger partial charge in [0.25, 0.3) is 0 Å². The Morgan fingerprint density at radius 2 is 2.16 bits per heavy atom. The molecule has 19 heavy (non-hydrogen) atoms. The first kappa shape index (κ1) is 14.5. The summed E-state index contributed by atoms with van der Waals surface area (Å²) >= 11 is -1.21. The van der Waals surface area contributed by atoms with Crippen LogP contribution in [0.1, 0.15) is 52.1 Å². The zero-order chi connectivity index (χ0) is 13.9. The van der Waals surface area contributed by atoms with Crippen molar-refractivity contribution in [2.75, 3.05) is 0 Å². The van der Waals surface area contributed by atoms with E-state index in [9.17, 15) is 4.55 Å². The third-order valence-corrected chi connectivity index (χ3v) is 4.60. The van der Waals surface area contributed by atoms with Gasteiger partial charge in [0.05, 0.1) is 5.69 Å². The molecular weight excluding hydrogens is 256 g/mol. The summed E-state index contributed by atoms with van der Waals surface area (Å²) in [5, 5.41) is 0. The van der Waals surface area contributed by atoms with E-state index in [0.29, 0.717) is 0 Å². The molecule has 1 aromatic rings. The second-order valence-corrected chi connectivity index (χ2v) is 8.00. The van der Waals surface area contributed by atoms with Crippen molar-refractivity contribution < 1.29 is 4.55 Å². The summed E-state index contributed by atoms with van der Waals surface area (Å²) in [4.78, 5) is 4.35. The van der Waals surface area contributed by atoms with Crippen LogP contribution in [0.3, 0.4) is 0 Å². The molecule has 104 valence electrons. The Balaban J connectivity index is 2.15. The molecule has 1 saturated carbocycles. The van der Waals surface area contributed by atoms with Gasteiger partial charge in [-0.2, -0.15) is 0 Å². The molecule has 1 aliphatic rings. The summed E-state index contributed by atoms with van der Waals surface area (Å²) in [6, 6.07) is 5.79. The summed E-state index contributed by atoms with van der Waals surface area (Å²) in [5.74, 6) is 0.844. The molecule has 1 fully saturated rings. The van der Waals surface area contributed by atoms with Crippen LogP contribution in [0.15, 0.2) is 28.8 Å². The van der Waals surface area contributed by atoms with Crippen molar-refractivity contribution in [2.45, 2.75) is 51.2 Å². The van der Waals surface area contributed by atoms with Crippen LogP contribution in [0.4, 0.5) is 0 Å². The molecule has 4 heteroatoms. The lowest BCUT2D eigenvalue weighted by atomic mass is 10.1. The normalized spacial score (nSPS) is 18.4. The Morgan fingerprint density at radius 3 is 2.68 bits per heavy atom. The molecule has 0 amide bonds. The number of pyridine rings is 1. The maximum Gasteiger partial charge on any atom is 0.144 e. The van der Waals surface area contributed by atoms with Crippen LogP contribution in [0, 0.1) is 5.92 Å². The highest BCUT2D eigenvalue weighted by atomic mass is 32.2. The summed E-state index contributed by atoms with van der Waals surface area (Å²) in [6.07, 6.45) is 6.44. The van der Waals surface area contributed by atoms with E-state index in [1.54, 1.807) is 6.20 Å². The highest BCUT2D eigenvalue weighted by Crippen LogP contribution is 2.34. The fourth-order valence-electron chi connectivity index (χ4n) is 1.74. The van der Waals surface area contributed by atoms with Crippen LogP contribution >= 0.6 is 0 Å². The Morgan fingerprint density at radius 1 is 1.42 bits per heavy atom. The van der Waals surface area contributed by atoms with Gasteiger partial charge in [0.2, 0.25) is 0 Å². The van der Waals surface area contributed by atoms with E-state index in [1.165, 1.54) is 12.8 Å². The molecule has 0 saturated heterocycles. The monoisotopic (exact) mass is 278 g/mol. The molecule has 0 bridgehead atoms. The first-order valence-electron chi connectivity index (χ1n) is 6.88. The quantitative estimate of drug-likeness (QED) is 0.611. The molecule has 0 aromatic carbocycles. The average Bonchev–Trinajstić information content (AvgIpc) is 3.18. The molecule has 0 aliphatic heterocycles. The first-order chi connectivity index (χ1) is 8.97. The second kappa shape index (κ2) is 6.06. The molecule has 1 heterocycles. The highest BCUT2D eigenvalue weighted by Gasteiger charge is 2.28. The van der Waals surface area contributed by atoms with E-state index in [0.717, 1.165) is 30.2 Å². The Hall–Kier alpha value is -0.870. The van der Waals surface area contributed by atoms with E-state index in [1.807, 2.05) is 39.0 Å². The summed E-state index contributed by atoms with van der Waals surface area (Å²) in [7, 11) is 0. The van der Waals surface area contributed by atoms with E-state index < -0.39 is 11.4 Å². The molecule has 0 radical (unpaired) electrons. The largest absolute Gasteiger partial charge is 0.591 e. The number of rotatable bonds is 5. The predicted molar refractivity (Wildman–Crippen MR) is 80.6 cm³/mol. The minimum absolute atomic E-state index is 0.320. The molecule has 0 N–H and O–H groups in total. The Bertz CT molecular complexity index is 435. The maximum absolute atomic E-state index is 12.2. The van der Waals surface area contributed by atoms with Crippen LogP contribution in [-0.4, -0.2) is 20.0 Å². The van der Waals surface area contributed by atoms with Crippen molar-refractivity contribution >= 4 is 17.1 Å². The van der Waals surface area contributed by atoms with E-state index in [4.69, 9.17) is 0 Å². The van der Waals surface area contributed by atoms with Gasteiger partial charge in [-0.05, 0) is 51.7 Å². The number of nitrogens with zero attached hydrogens (tertiary/aromatic N) is 2. The summed E-state index contributed by atoms with van der Waals surface area (Å²) < 4.78 is 16.3. The van der Waals surface area contributed by atoms with E-state index >= 15 is 0 Å². The van der Waals surface area contributed by atoms with Crippen LogP contribution in [0.25, 0.3) is 0 Å². The van der Waals surface area contributed by atoms with Gasteiger partial charge < -0.3 is 4.55 Å². The fourth-order valence-corrected chi connectivity index (χ4v) is 2.40. The van der Waals surface area contributed by atoms with Crippen molar-refractivity contribution in [3.05, 3.63) is 30.1 Å². The van der Waals surface area contributed by atoms with Gasteiger partial charge in [-0.1, -0.05) is 23.3 Å². The molecule has 1 atom stereocenters. The molecular formula is C15H22N2OS. The number of hydrogen-bond donors (Lipinski definition) is 0. The lowest BCUT2D eigenvalue weighted by Gasteiger charge is -2.19. The Kier molecular flexibility index (Phi) is 4.63. The molecule has 1 aromatic heterocycles. The van der Waals surface area contributed by atoms with Crippen molar-refractivity contribution in [2.24, 2.45) is 10.3 Å². The molecule has 3 nitrogen and oxygen atoms in total. The minimum Gasteiger partial charge on any atom is -0.591 e. The van der Waals surface area contributed by atoms with E-state index in [-0.39, 0.29) is 4.75 Å². The van der Waals surface area contributed by atoms with Gasteiger partial charge >= 0.3 is 0 Å². The van der Waals surface area contributed by atoms with Crippen LogP contribution in [0.2, 0.25) is 0 Å². The predicted octanol–water partition coefficient (Wildman–Crippen LogP) is 3.52. The van der Waals surface area contributed by atoms with Gasteiger partial charge in [-0.15, -0.1) is 0 Å². The molecule has 0 unspecified atom stereocenters. The first-order valence-corrected chi connectivity index (χ1v) is 7.98.